The fourth-order valence-electron chi connectivity index (χ4n) is 6.07. The second-order valence-corrected chi connectivity index (χ2v) is 9.57. The van der Waals surface area contributed by atoms with Gasteiger partial charge in [0.05, 0.1) is 13.6 Å². The minimum absolute atomic E-state index is 0. The van der Waals surface area contributed by atoms with Gasteiger partial charge in [0, 0.05) is 5.48 Å². The molecule has 0 aromatic rings. The first-order valence-corrected chi connectivity index (χ1v) is 10.4. The Labute approximate surface area is 186 Å². The molecule has 0 unspecified atom stereocenters. The maximum atomic E-state index is 11.3. The molecule has 0 aliphatic heterocycles. The van der Waals surface area contributed by atoms with Crippen molar-refractivity contribution in [1.29, 1.82) is 0 Å². The molecule has 0 aromatic carbocycles. The summed E-state index contributed by atoms with van der Waals surface area (Å²) >= 11 is 0. The quantitative estimate of drug-likeness (QED) is 0.310. The molecule has 7 heteroatoms. The van der Waals surface area contributed by atoms with E-state index in [0.29, 0.717) is 12.8 Å². The number of aliphatic hydroxyl groups excluding tert-OH is 1. The Bertz CT molecular complexity index is 898. The molecule has 5 nitrogen and oxygen atoms in total. The van der Waals surface area contributed by atoms with Crippen LogP contribution in [0.5, 0.6) is 0 Å². The van der Waals surface area contributed by atoms with E-state index in [1.807, 2.05) is 0 Å². The first-order valence-electron chi connectivity index (χ1n) is 11.6. The molecule has 3 fully saturated rings. The van der Waals surface area contributed by atoms with Gasteiger partial charge in [-0.1, -0.05) is 25.5 Å². The first-order chi connectivity index (χ1) is 13.5. The summed E-state index contributed by atoms with van der Waals surface area (Å²) in [4.78, 5) is 0. The normalized spacial score (nSPS) is 57.4. The van der Waals surface area contributed by atoms with E-state index >= 15 is 0 Å². The molecule has 0 amide bonds. The summed E-state index contributed by atoms with van der Waals surface area (Å²) < 4.78 is 80.5. The standard InChI is InChI=1S/C19H30O5S.Na/c1-18-9-7-13(24-25(21,22)23)11-12(18)3-4-14-15-5-6-17(20)19(15,2)10-8-16(14)18;/h3,13-17,20H,4-11H2,1-2H3,(H,21,22,23);/q;+1/p-1/t13-,14-,15-,16-,17+,18-,19-;/m0./s1/i7D2,11D2,13D;. The van der Waals surface area contributed by atoms with Gasteiger partial charge in [-0.25, -0.2) is 8.42 Å². The van der Waals surface area contributed by atoms with Gasteiger partial charge in [-0.3, -0.25) is 4.18 Å². The largest absolute Gasteiger partial charge is 1.00 e. The maximum absolute atomic E-state index is 11.3. The SMILES string of the molecule is [2H]C1([2H])C[C@@]2(C)C(=CC[C@H]3[C@@H]4CC[C@@H](O)[C@@]4(C)CC[C@@H]32)C([2H])([2H])[C@@]1([2H])OS(=O)(=O)[O-].[Na+]. The topological polar surface area (TPSA) is 86.7 Å². The van der Waals surface area contributed by atoms with Crippen molar-refractivity contribution >= 4 is 10.4 Å². The van der Waals surface area contributed by atoms with E-state index in [-0.39, 0.29) is 70.8 Å². The van der Waals surface area contributed by atoms with Crippen LogP contribution in [0, 0.1) is 28.6 Å². The average molecular weight is 398 g/mol. The smallest absolute Gasteiger partial charge is 0.726 e. The summed E-state index contributed by atoms with van der Waals surface area (Å²) in [6.07, 6.45) is -4.15. The second-order valence-electron chi connectivity index (χ2n) is 8.58. The van der Waals surface area contributed by atoms with Crippen molar-refractivity contribution in [2.45, 2.75) is 77.3 Å². The van der Waals surface area contributed by atoms with E-state index < -0.39 is 34.6 Å². The van der Waals surface area contributed by atoms with Crippen LogP contribution in [0.4, 0.5) is 0 Å². The Hall–Kier alpha value is 0.570. The van der Waals surface area contributed by atoms with Gasteiger partial charge >= 0.3 is 29.6 Å². The second kappa shape index (κ2) is 7.12. The molecule has 0 radical (unpaired) electrons. The third-order valence-electron chi connectivity index (χ3n) is 7.46. The Kier molecular flexibility index (Phi) is 4.22. The van der Waals surface area contributed by atoms with Crippen LogP contribution in [0.15, 0.2) is 11.6 Å². The molecule has 0 spiro atoms. The van der Waals surface area contributed by atoms with Crippen LogP contribution in [-0.2, 0) is 14.6 Å². The van der Waals surface area contributed by atoms with Crippen LogP contribution in [0.3, 0.4) is 0 Å². The van der Waals surface area contributed by atoms with Gasteiger partial charge in [0.1, 0.15) is 0 Å². The third kappa shape index (κ3) is 3.38. The summed E-state index contributed by atoms with van der Waals surface area (Å²) in [5, 5.41) is 10.6. The van der Waals surface area contributed by atoms with Crippen LogP contribution in [-0.4, -0.2) is 30.3 Å². The summed E-state index contributed by atoms with van der Waals surface area (Å²) in [6.45, 7) is 3.90. The van der Waals surface area contributed by atoms with Crippen molar-refractivity contribution < 1.29 is 58.7 Å². The van der Waals surface area contributed by atoms with Gasteiger partial charge in [-0.05, 0) is 79.9 Å². The fraction of sp³-hybridized carbons (Fsp3) is 0.895. The molecule has 26 heavy (non-hydrogen) atoms. The van der Waals surface area contributed by atoms with Crippen molar-refractivity contribution in [1.82, 2.24) is 0 Å². The molecule has 3 saturated carbocycles. The average Bonchev–Trinajstić information content (AvgIpc) is 2.87. The number of aliphatic hydroxyl groups is 1. The molecule has 4 rings (SSSR count). The van der Waals surface area contributed by atoms with E-state index in [0.717, 1.165) is 19.3 Å². The third-order valence-corrected chi connectivity index (χ3v) is 7.84. The molecule has 4 aliphatic rings. The van der Waals surface area contributed by atoms with Gasteiger partial charge in [0.2, 0.25) is 10.4 Å². The van der Waals surface area contributed by atoms with Gasteiger partial charge < -0.3 is 9.66 Å². The molecule has 4 aliphatic carbocycles. The van der Waals surface area contributed by atoms with Gasteiger partial charge in [0.15, 0.2) is 0 Å². The molecule has 0 saturated heterocycles. The van der Waals surface area contributed by atoms with Crippen LogP contribution >= 0.6 is 0 Å². The number of fused-ring (bicyclic) bond motifs is 5. The number of rotatable bonds is 2. The van der Waals surface area contributed by atoms with Crippen molar-refractivity contribution in [3.05, 3.63) is 11.6 Å². The monoisotopic (exact) mass is 397 g/mol. The van der Waals surface area contributed by atoms with E-state index in [1.165, 1.54) is 0 Å². The van der Waals surface area contributed by atoms with E-state index in [9.17, 15) is 18.1 Å². The van der Waals surface area contributed by atoms with E-state index in [2.05, 4.69) is 11.1 Å². The number of hydrogen-bond donors (Lipinski definition) is 1. The molecule has 0 heterocycles. The molecule has 0 bridgehead atoms. The Morgan fingerprint density at radius 1 is 1.31 bits per heavy atom. The van der Waals surface area contributed by atoms with Crippen LogP contribution in [0.2, 0.25) is 0 Å². The van der Waals surface area contributed by atoms with Crippen LogP contribution in [0.25, 0.3) is 0 Å². The Morgan fingerprint density at radius 2 is 2.04 bits per heavy atom. The van der Waals surface area contributed by atoms with E-state index in [4.69, 9.17) is 6.85 Å². The summed E-state index contributed by atoms with van der Waals surface area (Å²) in [6, 6.07) is 0. The molecule has 1 N–H and O–H groups in total. The van der Waals surface area contributed by atoms with Crippen molar-refractivity contribution in [2.75, 3.05) is 0 Å². The minimum Gasteiger partial charge on any atom is -0.726 e. The van der Waals surface area contributed by atoms with E-state index in [1.54, 1.807) is 13.0 Å². The van der Waals surface area contributed by atoms with Gasteiger partial charge in [0.25, 0.3) is 0 Å². The predicted molar refractivity (Wildman–Crippen MR) is 92.3 cm³/mol. The van der Waals surface area contributed by atoms with Crippen molar-refractivity contribution in [3.63, 3.8) is 0 Å². The first kappa shape index (κ1) is 15.4. The fourth-order valence-corrected chi connectivity index (χ4v) is 6.37. The summed E-state index contributed by atoms with van der Waals surface area (Å²) in [5.74, 6) is 0.349. The van der Waals surface area contributed by atoms with Gasteiger partial charge in [-0.2, -0.15) is 0 Å². The predicted octanol–water partition coefficient (Wildman–Crippen LogP) is 0.159. The number of allylic oxidation sites excluding steroid dienone is 1. The maximum Gasteiger partial charge on any atom is 1.00 e. The Morgan fingerprint density at radius 3 is 2.73 bits per heavy atom. The molecular formula is C19H29NaO5S. The zero-order chi connectivity index (χ0) is 22.5. The molecule has 7 atom stereocenters. The Balaban J connectivity index is 0.00000272. The zero-order valence-corrected chi connectivity index (χ0v) is 18.4. The van der Waals surface area contributed by atoms with Crippen LogP contribution < -0.4 is 29.6 Å². The molecule has 0 aromatic heterocycles. The van der Waals surface area contributed by atoms with Crippen molar-refractivity contribution in [3.8, 4) is 0 Å². The molecular weight excluding hydrogens is 363 g/mol. The zero-order valence-electron chi connectivity index (χ0n) is 20.6. The minimum atomic E-state index is -5.50. The molecule has 142 valence electrons. The number of hydrogen-bond acceptors (Lipinski definition) is 5. The van der Waals surface area contributed by atoms with Crippen LogP contribution in [0.1, 0.15) is 72.0 Å². The van der Waals surface area contributed by atoms with Crippen molar-refractivity contribution in [2.24, 2.45) is 28.6 Å². The van der Waals surface area contributed by atoms with Gasteiger partial charge in [-0.15, -0.1) is 0 Å². The summed E-state index contributed by atoms with van der Waals surface area (Å²) in [5.41, 5.74) is -0.980. The summed E-state index contributed by atoms with van der Waals surface area (Å²) in [7, 11) is -5.50.